The Balaban J connectivity index is 3.25. The Labute approximate surface area is 247 Å². The van der Waals surface area contributed by atoms with Crippen LogP contribution in [-0.2, 0) is 30.4 Å². The number of alkyl halides is 3. The molecule has 0 heterocycles. The minimum atomic E-state index is -5.10. The molecule has 15 heteroatoms. The number of halogens is 3. The second kappa shape index (κ2) is 17.6. The average molecular weight is 620 g/mol. The van der Waals surface area contributed by atoms with E-state index in [0.717, 1.165) is 0 Å². The predicted molar refractivity (Wildman–Crippen MR) is 152 cm³/mol. The molecule has 0 aliphatic carbocycles. The lowest BCUT2D eigenvalue weighted by Crippen LogP contribution is -2.59. The first-order valence-corrected chi connectivity index (χ1v) is 14.7. The van der Waals surface area contributed by atoms with E-state index in [4.69, 9.17) is 5.73 Å². The first-order valence-electron chi connectivity index (χ1n) is 13.3. The lowest BCUT2D eigenvalue weighted by atomic mass is 10.0. The van der Waals surface area contributed by atoms with Gasteiger partial charge in [-0.25, -0.2) is 0 Å². The second-order valence-electron chi connectivity index (χ2n) is 10.1. The van der Waals surface area contributed by atoms with Gasteiger partial charge in [-0.1, -0.05) is 44.2 Å². The molecule has 42 heavy (non-hydrogen) atoms. The van der Waals surface area contributed by atoms with Crippen LogP contribution in [0.4, 0.5) is 13.2 Å². The largest absolute Gasteiger partial charge is 0.416 e. The van der Waals surface area contributed by atoms with Crippen molar-refractivity contribution in [1.82, 2.24) is 21.3 Å². The zero-order chi connectivity index (χ0) is 32.0. The number of nitrogens with one attached hydrogen (secondary N) is 4. The predicted octanol–water partition coefficient (Wildman–Crippen LogP) is 0.786. The van der Waals surface area contributed by atoms with Crippen LogP contribution >= 0.6 is 11.8 Å². The van der Waals surface area contributed by atoms with E-state index in [1.807, 2.05) is 0 Å². The van der Waals surface area contributed by atoms with Crippen LogP contribution in [0.15, 0.2) is 30.3 Å². The van der Waals surface area contributed by atoms with E-state index in [1.54, 1.807) is 50.4 Å². The van der Waals surface area contributed by atoms with Gasteiger partial charge in [0, 0.05) is 19.8 Å². The van der Waals surface area contributed by atoms with E-state index in [0.29, 0.717) is 11.3 Å². The standard InChI is InChI=1S/C27H40F3N5O6S/c1-15(2)22(32-16(3)36)26(41)35-20(14-17-8-6-5-7-9-17)25(40)34-19(12-13-42-4)24(39)33-18(10-11-21(31)37)23(38)27(28,29)30/h5-9,15,18-20,22-23,38H,10-14H2,1-4H3,(H2,31,37)(H,32,36)(H,33,39)(H,34,40)(H,35,41). The topological polar surface area (TPSA) is 180 Å². The maximum atomic E-state index is 13.5. The van der Waals surface area contributed by atoms with Crippen LogP contribution in [0.5, 0.6) is 0 Å². The van der Waals surface area contributed by atoms with Crippen molar-refractivity contribution in [2.75, 3.05) is 12.0 Å². The Morgan fingerprint density at radius 3 is 1.98 bits per heavy atom. The molecule has 0 radical (unpaired) electrons. The van der Waals surface area contributed by atoms with E-state index in [-0.39, 0.29) is 18.8 Å². The van der Waals surface area contributed by atoms with Crippen molar-refractivity contribution in [2.45, 2.75) is 82.9 Å². The zero-order valence-corrected chi connectivity index (χ0v) is 24.8. The number of aliphatic hydroxyl groups excluding tert-OH is 1. The van der Waals surface area contributed by atoms with Gasteiger partial charge in [-0.05, 0) is 36.3 Å². The third kappa shape index (κ3) is 13.1. The highest BCUT2D eigenvalue weighted by atomic mass is 32.2. The van der Waals surface area contributed by atoms with Crippen LogP contribution < -0.4 is 27.0 Å². The maximum Gasteiger partial charge on any atom is 0.416 e. The molecule has 5 unspecified atom stereocenters. The molecule has 0 saturated heterocycles. The van der Waals surface area contributed by atoms with E-state index < -0.39 is 78.8 Å². The van der Waals surface area contributed by atoms with E-state index in [1.165, 1.54) is 18.7 Å². The van der Waals surface area contributed by atoms with E-state index in [9.17, 15) is 42.3 Å². The summed E-state index contributed by atoms with van der Waals surface area (Å²) in [7, 11) is 0. The number of benzene rings is 1. The lowest BCUT2D eigenvalue weighted by molar-refractivity contribution is -0.212. The van der Waals surface area contributed by atoms with Crippen LogP contribution in [0.1, 0.15) is 45.6 Å². The first kappa shape index (κ1) is 36.7. The van der Waals surface area contributed by atoms with E-state index in [2.05, 4.69) is 21.3 Å². The fourth-order valence-electron chi connectivity index (χ4n) is 3.97. The Hall–Kier alpha value is -3.33. The summed E-state index contributed by atoms with van der Waals surface area (Å²) in [5, 5.41) is 19.6. The molecule has 5 atom stereocenters. The van der Waals surface area contributed by atoms with Crippen LogP contribution in [0.3, 0.4) is 0 Å². The molecule has 7 N–H and O–H groups in total. The van der Waals surface area contributed by atoms with Gasteiger partial charge in [0.25, 0.3) is 0 Å². The normalized spacial score (nSPS) is 15.1. The number of primary amides is 1. The van der Waals surface area contributed by atoms with Crippen molar-refractivity contribution in [2.24, 2.45) is 11.7 Å². The monoisotopic (exact) mass is 619 g/mol. The van der Waals surface area contributed by atoms with Gasteiger partial charge in [0.05, 0.1) is 6.04 Å². The quantitative estimate of drug-likeness (QED) is 0.149. The number of aliphatic hydroxyl groups is 1. The molecule has 0 fully saturated rings. The van der Waals surface area contributed by atoms with Gasteiger partial charge in [-0.15, -0.1) is 0 Å². The summed E-state index contributed by atoms with van der Waals surface area (Å²) in [5.41, 5.74) is 5.71. The molecule has 0 bridgehead atoms. The smallest absolute Gasteiger partial charge is 0.382 e. The molecule has 0 aliphatic rings. The van der Waals surface area contributed by atoms with Gasteiger partial charge in [-0.3, -0.25) is 24.0 Å². The summed E-state index contributed by atoms with van der Waals surface area (Å²) in [6.07, 6.45) is -7.45. The SMILES string of the molecule is CSCCC(NC(=O)C(Cc1ccccc1)NC(=O)C(NC(C)=O)C(C)C)C(=O)NC(CCC(N)=O)C(O)C(F)(F)F. The molecule has 0 aliphatic heterocycles. The molecule has 5 amide bonds. The van der Waals surface area contributed by atoms with Gasteiger partial charge in [0.15, 0.2) is 6.10 Å². The third-order valence-corrected chi connectivity index (χ3v) is 6.86. The summed E-state index contributed by atoms with van der Waals surface area (Å²) < 4.78 is 39.8. The van der Waals surface area contributed by atoms with Crippen molar-refractivity contribution in [1.29, 1.82) is 0 Å². The van der Waals surface area contributed by atoms with Crippen LogP contribution in [-0.4, -0.2) is 83.1 Å². The molecule has 11 nitrogen and oxygen atoms in total. The van der Waals surface area contributed by atoms with Crippen molar-refractivity contribution in [3.63, 3.8) is 0 Å². The van der Waals surface area contributed by atoms with Crippen molar-refractivity contribution < 1.29 is 42.3 Å². The van der Waals surface area contributed by atoms with E-state index >= 15 is 0 Å². The number of carbonyl (C=O) groups is 5. The van der Waals surface area contributed by atoms with Gasteiger partial charge in [-0.2, -0.15) is 24.9 Å². The van der Waals surface area contributed by atoms with Crippen molar-refractivity contribution in [3.8, 4) is 0 Å². The number of thioether (sulfide) groups is 1. The highest BCUT2D eigenvalue weighted by molar-refractivity contribution is 7.98. The number of carbonyl (C=O) groups excluding carboxylic acids is 5. The highest BCUT2D eigenvalue weighted by Crippen LogP contribution is 2.24. The minimum absolute atomic E-state index is 0.00813. The van der Waals surface area contributed by atoms with Gasteiger partial charge < -0.3 is 32.1 Å². The van der Waals surface area contributed by atoms with Crippen LogP contribution in [0.2, 0.25) is 0 Å². The van der Waals surface area contributed by atoms with Crippen molar-refractivity contribution in [3.05, 3.63) is 35.9 Å². The summed E-state index contributed by atoms with van der Waals surface area (Å²) in [6.45, 7) is 4.66. The number of nitrogens with two attached hydrogens (primary N) is 1. The third-order valence-electron chi connectivity index (χ3n) is 6.21. The maximum absolute atomic E-state index is 13.5. The molecule has 0 aromatic heterocycles. The van der Waals surface area contributed by atoms with Crippen LogP contribution in [0.25, 0.3) is 0 Å². The first-order chi connectivity index (χ1) is 19.6. The number of amides is 5. The molecule has 1 rings (SSSR count). The van der Waals surface area contributed by atoms with Gasteiger partial charge in [0.2, 0.25) is 29.5 Å². The average Bonchev–Trinajstić information content (AvgIpc) is 2.90. The fourth-order valence-corrected chi connectivity index (χ4v) is 4.44. The molecule has 0 saturated carbocycles. The molecular formula is C27H40F3N5O6S. The Morgan fingerprint density at radius 2 is 1.48 bits per heavy atom. The van der Waals surface area contributed by atoms with Gasteiger partial charge >= 0.3 is 6.18 Å². The molecule has 1 aromatic carbocycles. The Kier molecular flexibility index (Phi) is 15.4. The number of rotatable bonds is 17. The Morgan fingerprint density at radius 1 is 0.905 bits per heavy atom. The van der Waals surface area contributed by atoms with Crippen LogP contribution in [0, 0.1) is 5.92 Å². The zero-order valence-electron chi connectivity index (χ0n) is 24.0. The molecule has 236 valence electrons. The molecule has 1 aromatic rings. The lowest BCUT2D eigenvalue weighted by Gasteiger charge is -2.29. The fraction of sp³-hybridized carbons (Fsp3) is 0.593. The summed E-state index contributed by atoms with van der Waals surface area (Å²) in [6, 6.07) is 3.25. The summed E-state index contributed by atoms with van der Waals surface area (Å²) in [5.74, 6) is -3.81. The van der Waals surface area contributed by atoms with Crippen molar-refractivity contribution >= 4 is 41.3 Å². The molecule has 0 spiro atoms. The highest BCUT2D eigenvalue weighted by Gasteiger charge is 2.44. The summed E-state index contributed by atoms with van der Waals surface area (Å²) >= 11 is 1.32. The number of hydrogen-bond donors (Lipinski definition) is 6. The Bertz CT molecular complexity index is 1060. The van der Waals surface area contributed by atoms with Gasteiger partial charge in [0.1, 0.15) is 18.1 Å². The number of hydrogen-bond acceptors (Lipinski definition) is 7. The second-order valence-corrected chi connectivity index (χ2v) is 11.1. The molecular weight excluding hydrogens is 579 g/mol. The summed E-state index contributed by atoms with van der Waals surface area (Å²) in [4.78, 5) is 62.5. The minimum Gasteiger partial charge on any atom is -0.382 e.